The third kappa shape index (κ3) is 4.46. The molecule has 20 heavy (non-hydrogen) atoms. The highest BCUT2D eigenvalue weighted by Crippen LogP contribution is 2.21. The second-order valence-corrected chi connectivity index (χ2v) is 5.49. The molecular weight excluding hydrogens is 301 g/mol. The lowest BCUT2D eigenvalue weighted by molar-refractivity contribution is -0.0450. The predicted octanol–water partition coefficient (Wildman–Crippen LogP) is 1.07. The molecule has 112 valence electrons. The van der Waals surface area contributed by atoms with Crippen molar-refractivity contribution in [3.63, 3.8) is 0 Å². The molecule has 0 aliphatic heterocycles. The monoisotopic (exact) mass is 312 g/mol. The van der Waals surface area contributed by atoms with E-state index in [1.165, 1.54) is 30.0 Å². The number of esters is 1. The molecule has 1 aromatic heterocycles. The van der Waals surface area contributed by atoms with Gasteiger partial charge < -0.3 is 4.74 Å². The van der Waals surface area contributed by atoms with Crippen molar-refractivity contribution >= 4 is 16.0 Å². The number of hydrogen-bond donors (Lipinski definition) is 1. The van der Waals surface area contributed by atoms with Crippen molar-refractivity contribution in [2.45, 2.75) is 18.5 Å². The third-order valence-electron chi connectivity index (χ3n) is 2.05. The maximum atomic E-state index is 12.0. The number of halogens is 3. The topological polar surface area (TPSA) is 85.4 Å². The van der Waals surface area contributed by atoms with E-state index in [-0.39, 0.29) is 5.69 Å². The molecule has 1 aromatic rings. The second kappa shape index (κ2) is 6.18. The Bertz CT molecular complexity index is 560. The largest absolute Gasteiger partial charge is 0.511 e. The smallest absolute Gasteiger partial charge is 0.457 e. The van der Waals surface area contributed by atoms with E-state index in [1.807, 2.05) is 0 Å². The number of alkyl halides is 3. The van der Waals surface area contributed by atoms with Gasteiger partial charge in [-0.3, -0.25) is 0 Å². The van der Waals surface area contributed by atoms with Crippen LogP contribution in [-0.4, -0.2) is 37.5 Å². The number of aromatic nitrogens is 1. The maximum Gasteiger partial charge on any atom is 0.511 e. The summed E-state index contributed by atoms with van der Waals surface area (Å²) in [5, 5.41) is 0. The lowest BCUT2D eigenvalue weighted by Crippen LogP contribution is -2.40. The zero-order chi connectivity index (χ0) is 15.4. The first-order valence-electron chi connectivity index (χ1n) is 5.31. The molecule has 1 rings (SSSR count). The minimum atomic E-state index is -5.45. The fourth-order valence-corrected chi connectivity index (χ4v) is 1.69. The number of carbonyl (C=O) groups excluding carboxylic acids is 1. The zero-order valence-corrected chi connectivity index (χ0v) is 11.0. The number of pyridine rings is 1. The third-order valence-corrected chi connectivity index (χ3v) is 3.20. The van der Waals surface area contributed by atoms with Crippen LogP contribution in [0.1, 0.15) is 17.4 Å². The van der Waals surface area contributed by atoms with Crippen LogP contribution in [0.25, 0.3) is 0 Å². The average Bonchev–Trinajstić information content (AvgIpc) is 2.36. The van der Waals surface area contributed by atoms with Gasteiger partial charge in [-0.1, -0.05) is 6.07 Å². The van der Waals surface area contributed by atoms with Crippen molar-refractivity contribution in [3.8, 4) is 0 Å². The van der Waals surface area contributed by atoms with Gasteiger partial charge in [-0.25, -0.2) is 22.9 Å². The average molecular weight is 312 g/mol. The molecule has 0 aromatic carbocycles. The van der Waals surface area contributed by atoms with E-state index >= 15 is 0 Å². The summed E-state index contributed by atoms with van der Waals surface area (Å²) in [6.07, 6.45) is 0.259. The number of ether oxygens (including phenoxy) is 1. The molecule has 1 N–H and O–H groups in total. The highest BCUT2D eigenvalue weighted by molar-refractivity contribution is 7.90. The Balaban J connectivity index is 2.53. The molecule has 0 bridgehead atoms. The van der Waals surface area contributed by atoms with Crippen LogP contribution in [0.5, 0.6) is 0 Å². The molecule has 10 heteroatoms. The Morgan fingerprint density at radius 2 is 2.10 bits per heavy atom. The number of nitrogens with one attached hydrogen (secondary N) is 1. The Kier molecular flexibility index (Phi) is 5.06. The number of nitrogens with zero attached hydrogens (tertiary/aromatic N) is 1. The van der Waals surface area contributed by atoms with Crippen molar-refractivity contribution < 1.29 is 31.1 Å². The fourth-order valence-electron chi connectivity index (χ4n) is 1.08. The van der Waals surface area contributed by atoms with Crippen LogP contribution in [0.15, 0.2) is 24.4 Å². The summed E-state index contributed by atoms with van der Waals surface area (Å²) in [7, 11) is -5.45. The molecule has 0 saturated carbocycles. The SMILES string of the molecule is CC(CNS(=O)(=O)C(F)(F)F)OC(=O)c1ccccn1. The molecule has 0 amide bonds. The van der Waals surface area contributed by atoms with Gasteiger partial charge in [0.25, 0.3) is 0 Å². The minimum absolute atomic E-state index is 0.0296. The Morgan fingerprint density at radius 3 is 2.60 bits per heavy atom. The van der Waals surface area contributed by atoms with Gasteiger partial charge in [-0.15, -0.1) is 0 Å². The standard InChI is InChI=1S/C10H11F3N2O4S/c1-7(6-15-20(17,18)10(11,12)13)19-9(16)8-4-2-3-5-14-8/h2-5,7,15H,6H2,1H3. The van der Waals surface area contributed by atoms with Crippen molar-refractivity contribution in [2.75, 3.05) is 6.54 Å². The summed E-state index contributed by atoms with van der Waals surface area (Å²) in [5.41, 5.74) is -5.43. The Labute approximate surface area is 113 Å². The molecule has 0 aliphatic carbocycles. The summed E-state index contributed by atoms with van der Waals surface area (Å²) >= 11 is 0. The molecule has 0 aliphatic rings. The van der Waals surface area contributed by atoms with Crippen LogP contribution in [-0.2, 0) is 14.8 Å². The predicted molar refractivity (Wildman–Crippen MR) is 62.1 cm³/mol. The van der Waals surface area contributed by atoms with Crippen LogP contribution in [0.4, 0.5) is 13.2 Å². The Morgan fingerprint density at radius 1 is 1.45 bits per heavy atom. The van der Waals surface area contributed by atoms with E-state index in [2.05, 4.69) is 4.98 Å². The molecule has 6 nitrogen and oxygen atoms in total. The summed E-state index contributed by atoms with van der Waals surface area (Å²) in [6.45, 7) is 0.556. The molecule has 0 radical (unpaired) electrons. The fraction of sp³-hybridized carbons (Fsp3) is 0.400. The van der Waals surface area contributed by atoms with Gasteiger partial charge in [0.05, 0.1) is 0 Å². The lowest BCUT2D eigenvalue weighted by atomic mass is 10.3. The van der Waals surface area contributed by atoms with Crippen LogP contribution >= 0.6 is 0 Å². The molecule has 0 fully saturated rings. The van der Waals surface area contributed by atoms with Crippen LogP contribution < -0.4 is 4.72 Å². The summed E-state index contributed by atoms with van der Waals surface area (Å²) in [5.74, 6) is -0.857. The van der Waals surface area contributed by atoms with E-state index in [0.29, 0.717) is 0 Å². The van der Waals surface area contributed by atoms with E-state index in [4.69, 9.17) is 4.74 Å². The summed E-state index contributed by atoms with van der Waals surface area (Å²) in [6, 6.07) is 4.45. The van der Waals surface area contributed by atoms with Gasteiger partial charge in [0.2, 0.25) is 0 Å². The molecule has 1 heterocycles. The first-order valence-corrected chi connectivity index (χ1v) is 6.80. The molecular formula is C10H11F3N2O4S. The number of sulfonamides is 1. The zero-order valence-electron chi connectivity index (χ0n) is 10.2. The van der Waals surface area contributed by atoms with Gasteiger partial charge in [-0.05, 0) is 19.1 Å². The van der Waals surface area contributed by atoms with Gasteiger partial charge >= 0.3 is 21.5 Å². The highest BCUT2D eigenvalue weighted by Gasteiger charge is 2.45. The lowest BCUT2D eigenvalue weighted by Gasteiger charge is -2.15. The van der Waals surface area contributed by atoms with E-state index < -0.39 is 34.1 Å². The van der Waals surface area contributed by atoms with Crippen molar-refractivity contribution in [3.05, 3.63) is 30.1 Å². The van der Waals surface area contributed by atoms with Crippen molar-refractivity contribution in [1.82, 2.24) is 9.71 Å². The van der Waals surface area contributed by atoms with E-state index in [0.717, 1.165) is 0 Å². The molecule has 0 spiro atoms. The van der Waals surface area contributed by atoms with Crippen molar-refractivity contribution in [1.29, 1.82) is 0 Å². The molecule has 0 saturated heterocycles. The molecule has 1 unspecified atom stereocenters. The van der Waals surface area contributed by atoms with Gasteiger partial charge in [-0.2, -0.15) is 13.2 Å². The van der Waals surface area contributed by atoms with E-state index in [1.54, 1.807) is 6.07 Å². The number of rotatable bonds is 5. The number of carbonyl (C=O) groups is 1. The maximum absolute atomic E-state index is 12.0. The highest BCUT2D eigenvalue weighted by atomic mass is 32.2. The van der Waals surface area contributed by atoms with Crippen LogP contribution in [0, 0.1) is 0 Å². The summed E-state index contributed by atoms with van der Waals surface area (Å²) in [4.78, 5) is 15.2. The summed E-state index contributed by atoms with van der Waals surface area (Å²) < 4.78 is 63.6. The molecule has 1 atom stereocenters. The van der Waals surface area contributed by atoms with Crippen LogP contribution in [0.3, 0.4) is 0 Å². The van der Waals surface area contributed by atoms with Crippen LogP contribution in [0.2, 0.25) is 0 Å². The first kappa shape index (κ1) is 16.4. The normalized spacial score (nSPS) is 13.8. The van der Waals surface area contributed by atoms with Crippen molar-refractivity contribution in [2.24, 2.45) is 0 Å². The van der Waals surface area contributed by atoms with Gasteiger partial charge in [0.1, 0.15) is 11.8 Å². The Hall–Kier alpha value is -1.68. The van der Waals surface area contributed by atoms with E-state index in [9.17, 15) is 26.4 Å². The first-order chi connectivity index (χ1) is 9.13. The van der Waals surface area contributed by atoms with Gasteiger partial charge in [0, 0.05) is 12.7 Å². The minimum Gasteiger partial charge on any atom is -0.457 e. The van der Waals surface area contributed by atoms with Gasteiger partial charge in [0.15, 0.2) is 0 Å². The second-order valence-electron chi connectivity index (χ2n) is 3.73. The number of hydrogen-bond acceptors (Lipinski definition) is 5. The quantitative estimate of drug-likeness (QED) is 0.822.